The van der Waals surface area contributed by atoms with Crippen molar-refractivity contribution in [3.63, 3.8) is 0 Å². The van der Waals surface area contributed by atoms with E-state index in [-0.39, 0.29) is 47.7 Å². The van der Waals surface area contributed by atoms with Gasteiger partial charge in [0.25, 0.3) is 0 Å². The Morgan fingerprint density at radius 3 is 2.61 bits per heavy atom. The van der Waals surface area contributed by atoms with Crippen molar-refractivity contribution in [2.24, 2.45) is 0 Å². The lowest BCUT2D eigenvalue weighted by atomic mass is 10.0. The summed E-state index contributed by atoms with van der Waals surface area (Å²) in [6, 6.07) is 9.68. The normalized spacial score (nSPS) is 11.3. The van der Waals surface area contributed by atoms with Crippen LogP contribution in [0.4, 0.5) is 17.6 Å². The van der Waals surface area contributed by atoms with Crippen LogP contribution in [0, 0.1) is 30.2 Å². The molecule has 0 aliphatic rings. The van der Waals surface area contributed by atoms with Gasteiger partial charge < -0.3 is 19.8 Å². The fourth-order valence-electron chi connectivity index (χ4n) is 4.37. The van der Waals surface area contributed by atoms with Crippen molar-refractivity contribution in [3.05, 3.63) is 101 Å². The number of rotatable bonds is 8. The lowest BCUT2D eigenvalue weighted by Gasteiger charge is -2.13. The fourth-order valence-corrected chi connectivity index (χ4v) is 4.37. The highest BCUT2D eigenvalue weighted by molar-refractivity contribution is 5.86. The van der Waals surface area contributed by atoms with E-state index in [0.717, 1.165) is 6.07 Å². The van der Waals surface area contributed by atoms with E-state index in [0.29, 0.717) is 27.8 Å². The molecule has 10 heteroatoms. The lowest BCUT2D eigenvalue weighted by molar-refractivity contribution is -0.136. The second-order valence-electron chi connectivity index (χ2n) is 8.89. The zero-order valence-corrected chi connectivity index (χ0v) is 20.0. The number of aryl methyl sites for hydroxylation is 2. The van der Waals surface area contributed by atoms with E-state index in [1.54, 1.807) is 19.1 Å². The van der Waals surface area contributed by atoms with E-state index < -0.39 is 29.2 Å². The Labute approximate surface area is 213 Å². The third-order valence-corrected chi connectivity index (χ3v) is 6.18. The summed E-state index contributed by atoms with van der Waals surface area (Å²) in [5.74, 6) is -4.40. The molecule has 0 fully saturated rings. The molecule has 3 N–H and O–H groups in total. The van der Waals surface area contributed by atoms with Crippen LogP contribution in [0.5, 0.6) is 11.5 Å². The summed E-state index contributed by atoms with van der Waals surface area (Å²) in [4.78, 5) is 20.7. The summed E-state index contributed by atoms with van der Waals surface area (Å²) in [6.45, 7) is 1.59. The molecule has 2 aromatic heterocycles. The number of nitrogens with zero attached hydrogens (tertiary/aromatic N) is 1. The molecule has 2 heterocycles. The second kappa shape index (κ2) is 10.0. The standard InChI is InChI=1S/C28H21F4N3O3/c1-14-20-6-7-33-26(20)24(31)25(32)27(14)38-19-3-4-22(30)21(12-19)28-34-13-18(35-28)11-16-8-15(2-5-23(36)37)9-17(29)10-16/h3-4,6-10,12-13,33H,2,5,11H2,1H3,(H,34,35)(H,36,37). The first-order valence-corrected chi connectivity index (χ1v) is 11.7. The molecular formula is C28H21F4N3O3. The van der Waals surface area contributed by atoms with E-state index in [9.17, 15) is 22.4 Å². The maximum atomic E-state index is 14.7. The molecule has 194 valence electrons. The highest BCUT2D eigenvalue weighted by Gasteiger charge is 2.21. The Bertz CT molecular complexity index is 1680. The van der Waals surface area contributed by atoms with Crippen LogP contribution in [0.3, 0.4) is 0 Å². The van der Waals surface area contributed by atoms with Crippen LogP contribution in [-0.2, 0) is 17.6 Å². The average molecular weight is 523 g/mol. The first-order chi connectivity index (χ1) is 18.2. The third kappa shape index (κ3) is 4.97. The number of carbonyl (C=O) groups is 1. The number of benzene rings is 3. The zero-order valence-electron chi connectivity index (χ0n) is 20.0. The Hall–Kier alpha value is -4.60. The second-order valence-corrected chi connectivity index (χ2v) is 8.89. The fraction of sp³-hybridized carbons (Fsp3) is 0.143. The van der Waals surface area contributed by atoms with Crippen molar-refractivity contribution in [1.82, 2.24) is 15.0 Å². The number of aromatic nitrogens is 3. The summed E-state index contributed by atoms with van der Waals surface area (Å²) in [5, 5.41) is 9.33. The first-order valence-electron chi connectivity index (χ1n) is 11.7. The number of nitrogens with one attached hydrogen (secondary N) is 2. The number of aromatic amines is 2. The highest BCUT2D eigenvalue weighted by atomic mass is 19.2. The third-order valence-electron chi connectivity index (χ3n) is 6.18. The maximum Gasteiger partial charge on any atom is 0.303 e. The largest absolute Gasteiger partial charge is 0.481 e. The number of halogens is 4. The maximum absolute atomic E-state index is 14.7. The van der Waals surface area contributed by atoms with Gasteiger partial charge in [-0.2, -0.15) is 4.39 Å². The monoisotopic (exact) mass is 523 g/mol. The topological polar surface area (TPSA) is 91.0 Å². The van der Waals surface area contributed by atoms with E-state index >= 15 is 0 Å². The molecule has 0 saturated carbocycles. The molecule has 0 aliphatic carbocycles. The smallest absolute Gasteiger partial charge is 0.303 e. The number of fused-ring (bicyclic) bond motifs is 1. The van der Waals surface area contributed by atoms with E-state index in [2.05, 4.69) is 15.0 Å². The van der Waals surface area contributed by atoms with E-state index in [1.165, 1.54) is 36.7 Å². The van der Waals surface area contributed by atoms with Gasteiger partial charge in [-0.3, -0.25) is 4.79 Å². The van der Waals surface area contributed by atoms with Gasteiger partial charge >= 0.3 is 5.97 Å². The van der Waals surface area contributed by atoms with Crippen LogP contribution >= 0.6 is 0 Å². The van der Waals surface area contributed by atoms with Crippen molar-refractivity contribution >= 4 is 16.9 Å². The van der Waals surface area contributed by atoms with Crippen molar-refractivity contribution in [1.29, 1.82) is 0 Å². The molecule has 0 spiro atoms. The summed E-state index contributed by atoms with van der Waals surface area (Å²) in [7, 11) is 0. The van der Waals surface area contributed by atoms with Crippen LogP contribution in [0.25, 0.3) is 22.3 Å². The molecule has 0 amide bonds. The number of hydrogen-bond donors (Lipinski definition) is 3. The predicted molar refractivity (Wildman–Crippen MR) is 132 cm³/mol. The molecule has 0 unspecified atom stereocenters. The van der Waals surface area contributed by atoms with Crippen LogP contribution in [-0.4, -0.2) is 26.0 Å². The quantitative estimate of drug-likeness (QED) is 0.195. The van der Waals surface area contributed by atoms with Gasteiger partial charge in [-0.15, -0.1) is 0 Å². The number of ether oxygens (including phenoxy) is 1. The zero-order chi connectivity index (χ0) is 27.0. The van der Waals surface area contributed by atoms with Gasteiger partial charge in [-0.1, -0.05) is 6.07 Å². The Kier molecular flexibility index (Phi) is 6.62. The summed E-state index contributed by atoms with van der Waals surface area (Å²) >= 11 is 0. The Balaban J connectivity index is 1.40. The molecule has 38 heavy (non-hydrogen) atoms. The van der Waals surface area contributed by atoms with E-state index in [4.69, 9.17) is 9.84 Å². The van der Waals surface area contributed by atoms with Crippen molar-refractivity contribution < 1.29 is 32.2 Å². The number of carboxylic acid groups (broad SMARTS) is 1. The van der Waals surface area contributed by atoms with Gasteiger partial charge in [0.2, 0.25) is 5.82 Å². The molecule has 5 aromatic rings. The van der Waals surface area contributed by atoms with Gasteiger partial charge in [-0.25, -0.2) is 18.2 Å². The van der Waals surface area contributed by atoms with Gasteiger partial charge in [0.15, 0.2) is 11.6 Å². The van der Waals surface area contributed by atoms with Crippen LogP contribution in [0.2, 0.25) is 0 Å². The molecule has 0 bridgehead atoms. The predicted octanol–water partition coefficient (Wildman–Crippen LogP) is 6.82. The molecular weight excluding hydrogens is 502 g/mol. The molecule has 0 atom stereocenters. The molecule has 6 nitrogen and oxygen atoms in total. The number of H-pyrrole nitrogens is 2. The Morgan fingerprint density at radius 1 is 1.03 bits per heavy atom. The number of hydrogen-bond acceptors (Lipinski definition) is 3. The molecule has 0 radical (unpaired) electrons. The van der Waals surface area contributed by atoms with Crippen LogP contribution in [0.1, 0.15) is 28.8 Å². The lowest BCUT2D eigenvalue weighted by Crippen LogP contribution is -1.99. The summed E-state index contributed by atoms with van der Waals surface area (Å²) < 4.78 is 63.7. The SMILES string of the molecule is Cc1c(Oc2ccc(F)c(-c3ncc(Cc4cc(F)cc(CCC(=O)O)c4)[nH]3)c2)c(F)c(F)c2[nH]ccc12. The van der Waals surface area contributed by atoms with Crippen molar-refractivity contribution in [2.75, 3.05) is 0 Å². The van der Waals surface area contributed by atoms with Gasteiger partial charge in [0.05, 0.1) is 11.1 Å². The number of imidazole rings is 1. The minimum atomic E-state index is -1.17. The van der Waals surface area contributed by atoms with Crippen molar-refractivity contribution in [3.8, 4) is 22.9 Å². The minimum Gasteiger partial charge on any atom is -0.481 e. The van der Waals surface area contributed by atoms with E-state index in [1.807, 2.05) is 0 Å². The molecule has 0 aliphatic heterocycles. The highest BCUT2D eigenvalue weighted by Crippen LogP contribution is 2.37. The van der Waals surface area contributed by atoms with Gasteiger partial charge in [0.1, 0.15) is 23.2 Å². The van der Waals surface area contributed by atoms with Gasteiger partial charge in [-0.05, 0) is 60.9 Å². The minimum absolute atomic E-state index is 0.0302. The molecule has 3 aromatic carbocycles. The summed E-state index contributed by atoms with van der Waals surface area (Å²) in [5.41, 5.74) is 2.14. The van der Waals surface area contributed by atoms with Crippen molar-refractivity contribution in [2.45, 2.75) is 26.2 Å². The number of aliphatic carboxylic acids is 1. The first kappa shape index (κ1) is 25.1. The molecule has 0 saturated heterocycles. The molecule has 5 rings (SSSR count). The van der Waals surface area contributed by atoms with Crippen LogP contribution < -0.4 is 4.74 Å². The number of carboxylic acids is 1. The Morgan fingerprint density at radius 2 is 1.82 bits per heavy atom. The van der Waals surface area contributed by atoms with Gasteiger partial charge in [0, 0.05) is 41.9 Å². The summed E-state index contributed by atoms with van der Waals surface area (Å²) in [6.07, 6.45) is 3.28. The van der Waals surface area contributed by atoms with Crippen LogP contribution in [0.15, 0.2) is 54.9 Å². The average Bonchev–Trinajstić information content (AvgIpc) is 3.55.